The number of aromatic carboxylic acids is 1. The summed E-state index contributed by atoms with van der Waals surface area (Å²) in [5, 5.41) is 15.4. The number of carboxylic acids is 1. The Morgan fingerprint density at radius 3 is 2.69 bits per heavy atom. The van der Waals surface area contributed by atoms with Crippen molar-refractivity contribution in [3.63, 3.8) is 0 Å². The predicted molar refractivity (Wildman–Crippen MR) is 149 cm³/mol. The largest absolute Gasteiger partial charge is 0.478 e. The lowest BCUT2D eigenvalue weighted by atomic mass is 9.96. The van der Waals surface area contributed by atoms with Gasteiger partial charge in [-0.15, -0.1) is 0 Å². The number of nitrogens with zero attached hydrogens (tertiary/aromatic N) is 3. The zero-order valence-electron chi connectivity index (χ0n) is 21.4. The number of ether oxygens (including phenoxy) is 1. The number of piperidine rings is 1. The van der Waals surface area contributed by atoms with Gasteiger partial charge in [0.05, 0.1) is 34.3 Å². The molecule has 2 aromatic carbocycles. The minimum atomic E-state index is -0.985. The maximum absolute atomic E-state index is 15.0. The normalized spacial score (nSPS) is 19.6. The van der Waals surface area contributed by atoms with Crippen molar-refractivity contribution in [2.24, 2.45) is 13.0 Å². The van der Waals surface area contributed by atoms with Gasteiger partial charge in [0.2, 0.25) is 0 Å². The summed E-state index contributed by atoms with van der Waals surface area (Å²) in [7, 11) is 1.83. The van der Waals surface area contributed by atoms with Crippen LogP contribution in [0.25, 0.3) is 22.2 Å². The minimum absolute atomic E-state index is 0.225. The third kappa shape index (κ3) is 5.01. The van der Waals surface area contributed by atoms with Crippen LogP contribution in [0.15, 0.2) is 47.1 Å². The number of carboxylic acid groups (broad SMARTS) is 1. The average Bonchev–Trinajstić information content (AvgIpc) is 3.59. The molecule has 0 spiro atoms. The lowest BCUT2D eigenvalue weighted by Crippen LogP contribution is -2.43. The number of fused-ring (bicyclic) bond motifs is 1. The zero-order chi connectivity index (χ0) is 27.3. The van der Waals surface area contributed by atoms with Crippen LogP contribution >= 0.6 is 23.2 Å². The van der Waals surface area contributed by atoms with Gasteiger partial charge in [-0.3, -0.25) is 0 Å². The van der Waals surface area contributed by atoms with E-state index in [1.807, 2.05) is 29.8 Å². The molecule has 1 saturated carbocycles. The molecular weight excluding hydrogens is 544 g/mol. The Hall–Kier alpha value is -3.07. The molecule has 6 rings (SSSR count). The number of hydrogen-bond donors (Lipinski definition) is 1. The maximum Gasteiger partial charge on any atom is 0.337 e. The van der Waals surface area contributed by atoms with Crippen molar-refractivity contribution < 1.29 is 23.6 Å². The van der Waals surface area contributed by atoms with Gasteiger partial charge in [-0.25, -0.2) is 9.18 Å². The SMILES string of the molecule is Cn1cc(C(=O)O)c2ccc(N3CCC(F)C(COCc4c(-c5c(Cl)cccc5Cl)noc4C4CC4)C3)cc21. The van der Waals surface area contributed by atoms with Crippen LogP contribution < -0.4 is 4.90 Å². The number of benzene rings is 2. The lowest BCUT2D eigenvalue weighted by Gasteiger charge is -2.36. The van der Waals surface area contributed by atoms with E-state index in [2.05, 4.69) is 10.1 Å². The van der Waals surface area contributed by atoms with Gasteiger partial charge in [0.25, 0.3) is 0 Å². The molecule has 7 nitrogen and oxygen atoms in total. The number of aryl methyl sites for hydroxylation is 1. The fraction of sp³-hybridized carbons (Fsp3) is 0.379. The predicted octanol–water partition coefficient (Wildman–Crippen LogP) is 7.10. The van der Waals surface area contributed by atoms with E-state index in [0.29, 0.717) is 52.1 Å². The summed E-state index contributed by atoms with van der Waals surface area (Å²) < 4.78 is 28.7. The summed E-state index contributed by atoms with van der Waals surface area (Å²) in [5.74, 6) is -0.186. The molecule has 3 heterocycles. The Morgan fingerprint density at radius 2 is 1.97 bits per heavy atom. The molecular formula is C29H28Cl2FN3O4. The van der Waals surface area contributed by atoms with Crippen molar-refractivity contribution in [3.05, 3.63) is 69.5 Å². The van der Waals surface area contributed by atoms with Crippen LogP contribution in [0.2, 0.25) is 10.0 Å². The fourth-order valence-corrected chi connectivity index (χ4v) is 6.07. The molecule has 0 amide bonds. The molecule has 39 heavy (non-hydrogen) atoms. The highest BCUT2D eigenvalue weighted by Gasteiger charge is 2.34. The van der Waals surface area contributed by atoms with E-state index < -0.39 is 12.1 Å². The summed E-state index contributed by atoms with van der Waals surface area (Å²) in [6.07, 6.45) is 3.08. The first-order valence-corrected chi connectivity index (χ1v) is 13.8. The van der Waals surface area contributed by atoms with Gasteiger partial charge in [0.1, 0.15) is 17.6 Å². The molecule has 0 bridgehead atoms. The second-order valence-electron chi connectivity index (χ2n) is 10.4. The first-order chi connectivity index (χ1) is 18.8. The van der Waals surface area contributed by atoms with E-state index in [0.717, 1.165) is 35.4 Å². The highest BCUT2D eigenvalue weighted by Crippen LogP contribution is 2.46. The highest BCUT2D eigenvalue weighted by molar-refractivity contribution is 6.39. The van der Waals surface area contributed by atoms with Crippen molar-refractivity contribution in [2.45, 2.75) is 38.0 Å². The van der Waals surface area contributed by atoms with Gasteiger partial charge < -0.3 is 23.8 Å². The van der Waals surface area contributed by atoms with Crippen molar-refractivity contribution in [1.82, 2.24) is 9.72 Å². The van der Waals surface area contributed by atoms with E-state index in [-0.39, 0.29) is 24.7 Å². The smallest absolute Gasteiger partial charge is 0.337 e. The molecule has 1 saturated heterocycles. The number of rotatable bonds is 8. The third-order valence-electron chi connectivity index (χ3n) is 7.76. The lowest BCUT2D eigenvalue weighted by molar-refractivity contribution is 0.0471. The molecule has 4 aromatic rings. The van der Waals surface area contributed by atoms with Gasteiger partial charge in [0.15, 0.2) is 0 Å². The highest BCUT2D eigenvalue weighted by atomic mass is 35.5. The molecule has 1 aliphatic carbocycles. The number of anilines is 1. The van der Waals surface area contributed by atoms with Crippen molar-refractivity contribution in [2.75, 3.05) is 24.6 Å². The molecule has 2 unspecified atom stereocenters. The standard InChI is InChI=1S/C29H28Cl2FN3O4/c1-34-13-20(29(36)37)19-8-7-18(11-25(19)34)35-10-9-24(32)17(12-35)14-38-15-21-27(33-39-28(21)16-5-6-16)26-22(30)3-2-4-23(26)31/h2-4,7-8,11,13,16-17,24H,5-6,9-10,12,14-15H2,1H3,(H,36,37). The zero-order valence-corrected chi connectivity index (χ0v) is 22.9. The first-order valence-electron chi connectivity index (χ1n) is 13.0. The summed E-state index contributed by atoms with van der Waals surface area (Å²) in [5.41, 5.74) is 4.04. The topological polar surface area (TPSA) is 80.7 Å². The Balaban J connectivity index is 1.18. The number of aromatic nitrogens is 2. The van der Waals surface area contributed by atoms with E-state index in [1.54, 1.807) is 24.4 Å². The van der Waals surface area contributed by atoms with Crippen LogP contribution in [0.5, 0.6) is 0 Å². The van der Waals surface area contributed by atoms with Crippen LogP contribution in [0.4, 0.5) is 10.1 Å². The maximum atomic E-state index is 15.0. The van der Waals surface area contributed by atoms with Crippen LogP contribution in [0.1, 0.15) is 46.9 Å². The van der Waals surface area contributed by atoms with E-state index in [4.69, 9.17) is 32.5 Å². The number of hydrogen-bond acceptors (Lipinski definition) is 5. The van der Waals surface area contributed by atoms with Crippen LogP contribution in [0, 0.1) is 5.92 Å². The summed E-state index contributed by atoms with van der Waals surface area (Å²) in [4.78, 5) is 13.7. The molecule has 10 heteroatoms. The van der Waals surface area contributed by atoms with Gasteiger partial charge in [0, 0.05) is 60.4 Å². The first kappa shape index (κ1) is 26.2. The molecule has 2 fully saturated rings. The number of alkyl halides is 1. The summed E-state index contributed by atoms with van der Waals surface area (Å²) in [6, 6.07) is 11.0. The van der Waals surface area contributed by atoms with E-state index in [9.17, 15) is 9.90 Å². The molecule has 204 valence electrons. The third-order valence-corrected chi connectivity index (χ3v) is 8.39. The Labute approximate surface area is 235 Å². The van der Waals surface area contributed by atoms with Crippen LogP contribution in [0.3, 0.4) is 0 Å². The minimum Gasteiger partial charge on any atom is -0.478 e. The molecule has 0 radical (unpaired) electrons. The van der Waals surface area contributed by atoms with Crippen molar-refractivity contribution in [1.29, 1.82) is 0 Å². The van der Waals surface area contributed by atoms with E-state index in [1.165, 1.54) is 0 Å². The van der Waals surface area contributed by atoms with E-state index >= 15 is 4.39 Å². The molecule has 1 N–H and O–H groups in total. The molecule has 2 atom stereocenters. The Morgan fingerprint density at radius 1 is 1.21 bits per heavy atom. The van der Waals surface area contributed by atoms with Gasteiger partial charge in [-0.1, -0.05) is 34.4 Å². The summed E-state index contributed by atoms with van der Waals surface area (Å²) in [6.45, 7) is 1.53. The Bertz CT molecular complexity index is 1530. The quantitative estimate of drug-likeness (QED) is 0.243. The average molecular weight is 572 g/mol. The molecule has 1 aliphatic heterocycles. The van der Waals surface area contributed by atoms with Gasteiger partial charge in [-0.2, -0.15) is 0 Å². The number of carbonyl (C=O) groups is 1. The fourth-order valence-electron chi connectivity index (χ4n) is 5.50. The van der Waals surface area contributed by atoms with Gasteiger partial charge in [-0.05, 0) is 49.6 Å². The summed E-state index contributed by atoms with van der Waals surface area (Å²) >= 11 is 12.9. The second kappa shape index (κ2) is 10.5. The Kier molecular flexibility index (Phi) is 7.04. The molecule has 2 aromatic heterocycles. The van der Waals surface area contributed by atoms with Gasteiger partial charge >= 0.3 is 5.97 Å². The van der Waals surface area contributed by atoms with Crippen LogP contribution in [-0.2, 0) is 18.4 Å². The second-order valence-corrected chi connectivity index (χ2v) is 11.2. The monoisotopic (exact) mass is 571 g/mol. The van der Waals surface area contributed by atoms with Crippen LogP contribution in [-0.4, -0.2) is 46.7 Å². The van der Waals surface area contributed by atoms with Crippen molar-refractivity contribution in [3.8, 4) is 11.3 Å². The number of halogens is 3. The van der Waals surface area contributed by atoms with Crippen molar-refractivity contribution >= 4 is 45.8 Å². The molecule has 2 aliphatic rings.